The second kappa shape index (κ2) is 8.29. The number of hydrogen-bond donors (Lipinski definition) is 2. The van der Waals surface area contributed by atoms with Crippen molar-refractivity contribution >= 4 is 6.09 Å². The van der Waals surface area contributed by atoms with Crippen LogP contribution in [0.25, 0.3) is 0 Å². The Morgan fingerprint density at radius 1 is 1.58 bits per heavy atom. The topological polar surface area (TPSA) is 73.6 Å². The Morgan fingerprint density at radius 2 is 2.17 bits per heavy atom. The Balaban J connectivity index is 0.000000202. The van der Waals surface area contributed by atoms with Crippen molar-refractivity contribution in [3.63, 3.8) is 0 Å². The van der Waals surface area contributed by atoms with Crippen LogP contribution in [0.4, 0.5) is 4.79 Å². The summed E-state index contributed by atoms with van der Waals surface area (Å²) in [6.07, 6.45) is -0.711. The van der Waals surface area contributed by atoms with E-state index in [9.17, 15) is 4.79 Å². The maximum Gasteiger partial charge on any atom is 0.404 e. The molecule has 5 nitrogen and oxygen atoms in total. The van der Waals surface area contributed by atoms with Crippen LogP contribution in [-0.2, 0) is 9.47 Å². The van der Waals surface area contributed by atoms with E-state index in [1.54, 1.807) is 6.92 Å². The van der Waals surface area contributed by atoms with Gasteiger partial charge in [0.05, 0.1) is 19.8 Å². The van der Waals surface area contributed by atoms with Gasteiger partial charge in [-0.3, -0.25) is 0 Å². The van der Waals surface area contributed by atoms with E-state index in [4.69, 9.17) is 4.74 Å². The predicted octanol–water partition coefficient (Wildman–Crippen LogP) is -0.292. The Kier molecular flexibility index (Phi) is 7.73. The van der Waals surface area contributed by atoms with E-state index in [-0.39, 0.29) is 0 Å². The lowest BCUT2D eigenvalue weighted by molar-refractivity contribution is 0.109. The van der Waals surface area contributed by atoms with E-state index in [1.165, 1.54) is 0 Å². The maximum atomic E-state index is 9.60. The number of hydrogen-bond acceptors (Lipinski definition) is 4. The molecule has 1 rings (SSSR count). The van der Waals surface area contributed by atoms with E-state index < -0.39 is 6.09 Å². The summed E-state index contributed by atoms with van der Waals surface area (Å²) in [5.41, 5.74) is 4.54. The number of nitrogens with one attached hydrogen (secondary N) is 1. The summed E-state index contributed by atoms with van der Waals surface area (Å²) in [5, 5.41) is 3.16. The fourth-order valence-corrected chi connectivity index (χ4v) is 0.658. The van der Waals surface area contributed by atoms with Crippen LogP contribution in [0.5, 0.6) is 0 Å². The summed E-state index contributed by atoms with van der Waals surface area (Å²) in [6, 6.07) is 0. The smallest absolute Gasteiger partial charge is 0.404 e. The molecule has 0 aliphatic carbocycles. The van der Waals surface area contributed by atoms with Gasteiger partial charge >= 0.3 is 6.09 Å². The molecular weight excluding hydrogens is 160 g/mol. The van der Waals surface area contributed by atoms with Crippen molar-refractivity contribution in [1.29, 1.82) is 0 Å². The largest absolute Gasteiger partial charge is 0.450 e. The first-order chi connectivity index (χ1) is 5.77. The van der Waals surface area contributed by atoms with Crippen LogP contribution in [-0.4, -0.2) is 39.0 Å². The first-order valence-corrected chi connectivity index (χ1v) is 3.98. The first kappa shape index (κ1) is 11.2. The van der Waals surface area contributed by atoms with Crippen LogP contribution in [0.2, 0.25) is 0 Å². The Morgan fingerprint density at radius 3 is 2.25 bits per heavy atom. The molecule has 0 spiro atoms. The van der Waals surface area contributed by atoms with Crippen molar-refractivity contribution in [1.82, 2.24) is 5.32 Å². The summed E-state index contributed by atoms with van der Waals surface area (Å²) in [5.74, 6) is 0. The van der Waals surface area contributed by atoms with Crippen molar-refractivity contribution in [3.8, 4) is 0 Å². The zero-order valence-electron chi connectivity index (χ0n) is 7.34. The number of carbonyl (C=O) groups is 1. The Bertz CT molecular complexity index is 104. The van der Waals surface area contributed by atoms with Gasteiger partial charge in [0.1, 0.15) is 0 Å². The van der Waals surface area contributed by atoms with Crippen LogP contribution in [0, 0.1) is 0 Å². The predicted molar refractivity (Wildman–Crippen MR) is 44.9 cm³/mol. The van der Waals surface area contributed by atoms with Crippen LogP contribution in [0.15, 0.2) is 0 Å². The van der Waals surface area contributed by atoms with E-state index in [0.29, 0.717) is 6.61 Å². The first-order valence-electron chi connectivity index (χ1n) is 3.98. The third-order valence-electron chi connectivity index (χ3n) is 1.13. The Labute approximate surface area is 72.2 Å². The standard InChI is InChI=1S/C4H9NO.C3H7NO2/c1-3-6-4-2-5-1;1-2-6-3(4)5/h5H,1-4H2;2H2,1H3,(H2,4,5). The van der Waals surface area contributed by atoms with Crippen LogP contribution >= 0.6 is 0 Å². The summed E-state index contributed by atoms with van der Waals surface area (Å²) >= 11 is 0. The molecule has 1 amide bonds. The maximum absolute atomic E-state index is 9.60. The van der Waals surface area contributed by atoms with Gasteiger partial charge in [0.25, 0.3) is 0 Å². The van der Waals surface area contributed by atoms with Gasteiger partial charge in [0.2, 0.25) is 0 Å². The van der Waals surface area contributed by atoms with Crippen LogP contribution < -0.4 is 11.1 Å². The molecule has 0 unspecified atom stereocenters. The average molecular weight is 176 g/mol. The quantitative estimate of drug-likeness (QED) is 0.575. The molecule has 1 heterocycles. The van der Waals surface area contributed by atoms with Crippen LogP contribution in [0.3, 0.4) is 0 Å². The summed E-state index contributed by atoms with van der Waals surface area (Å²) in [7, 11) is 0. The van der Waals surface area contributed by atoms with E-state index >= 15 is 0 Å². The van der Waals surface area contributed by atoms with Gasteiger partial charge in [-0.1, -0.05) is 0 Å². The third-order valence-corrected chi connectivity index (χ3v) is 1.13. The van der Waals surface area contributed by atoms with Gasteiger partial charge in [-0.05, 0) is 6.92 Å². The zero-order chi connectivity index (χ0) is 9.23. The lowest BCUT2D eigenvalue weighted by atomic mass is 10.5. The van der Waals surface area contributed by atoms with Gasteiger partial charge in [-0.2, -0.15) is 0 Å². The highest BCUT2D eigenvalue weighted by Gasteiger charge is 1.92. The highest BCUT2D eigenvalue weighted by atomic mass is 16.5. The van der Waals surface area contributed by atoms with Crippen molar-refractivity contribution in [3.05, 3.63) is 0 Å². The second-order valence-electron chi connectivity index (χ2n) is 2.11. The molecule has 12 heavy (non-hydrogen) atoms. The van der Waals surface area contributed by atoms with E-state index in [1.807, 2.05) is 0 Å². The molecule has 0 aromatic heterocycles. The molecule has 72 valence electrons. The Hall–Kier alpha value is -0.810. The molecule has 1 fully saturated rings. The SMILES string of the molecule is C1COCCN1.CCOC(N)=O. The van der Waals surface area contributed by atoms with E-state index in [0.717, 1.165) is 26.3 Å². The molecule has 1 saturated heterocycles. The van der Waals surface area contributed by atoms with Crippen molar-refractivity contribution in [2.24, 2.45) is 5.73 Å². The third kappa shape index (κ3) is 9.19. The lowest BCUT2D eigenvalue weighted by Gasteiger charge is -2.10. The fourth-order valence-electron chi connectivity index (χ4n) is 0.658. The average Bonchev–Trinajstić information content (AvgIpc) is 2.08. The van der Waals surface area contributed by atoms with Crippen LogP contribution in [0.1, 0.15) is 6.92 Å². The van der Waals surface area contributed by atoms with Crippen molar-refractivity contribution in [2.75, 3.05) is 32.9 Å². The lowest BCUT2D eigenvalue weighted by Crippen LogP contribution is -2.30. The molecule has 0 aromatic rings. The zero-order valence-corrected chi connectivity index (χ0v) is 7.34. The fraction of sp³-hybridized carbons (Fsp3) is 0.857. The number of amides is 1. The molecule has 0 bridgehead atoms. The number of nitrogens with two attached hydrogens (primary N) is 1. The molecule has 0 radical (unpaired) electrons. The van der Waals surface area contributed by atoms with Gasteiger partial charge in [-0.25, -0.2) is 4.79 Å². The molecule has 5 heteroatoms. The minimum Gasteiger partial charge on any atom is -0.450 e. The van der Waals surface area contributed by atoms with Crippen molar-refractivity contribution < 1.29 is 14.3 Å². The normalized spacial score (nSPS) is 15.8. The summed E-state index contributed by atoms with van der Waals surface area (Å²) < 4.78 is 9.19. The molecule has 1 aliphatic rings. The number of primary amides is 1. The minimum absolute atomic E-state index is 0.356. The number of carbonyl (C=O) groups excluding carboxylic acids is 1. The highest BCUT2D eigenvalue weighted by molar-refractivity contribution is 5.64. The number of ether oxygens (including phenoxy) is 2. The van der Waals surface area contributed by atoms with Gasteiger partial charge < -0.3 is 20.5 Å². The molecular formula is C7H16N2O3. The molecule has 0 saturated carbocycles. The van der Waals surface area contributed by atoms with E-state index in [2.05, 4.69) is 15.8 Å². The van der Waals surface area contributed by atoms with Gasteiger partial charge in [0.15, 0.2) is 0 Å². The molecule has 3 N–H and O–H groups in total. The van der Waals surface area contributed by atoms with Gasteiger partial charge in [-0.15, -0.1) is 0 Å². The highest BCUT2D eigenvalue weighted by Crippen LogP contribution is 1.76. The minimum atomic E-state index is -0.711. The van der Waals surface area contributed by atoms with Gasteiger partial charge in [0, 0.05) is 13.1 Å². The second-order valence-corrected chi connectivity index (χ2v) is 2.11. The van der Waals surface area contributed by atoms with Crippen molar-refractivity contribution in [2.45, 2.75) is 6.92 Å². The molecule has 0 atom stereocenters. The summed E-state index contributed by atoms with van der Waals surface area (Å²) in [6.45, 7) is 5.89. The number of rotatable bonds is 1. The number of morpholine rings is 1. The molecule has 1 aliphatic heterocycles. The molecule has 0 aromatic carbocycles. The monoisotopic (exact) mass is 176 g/mol. The summed E-state index contributed by atoms with van der Waals surface area (Å²) in [4.78, 5) is 9.60.